The summed E-state index contributed by atoms with van der Waals surface area (Å²) in [5.41, 5.74) is 3.95. The Kier molecular flexibility index (Phi) is 14.8. The maximum absolute atomic E-state index is 14.6. The van der Waals surface area contributed by atoms with E-state index in [0.717, 1.165) is 42.4 Å². The van der Waals surface area contributed by atoms with E-state index in [1.165, 1.54) is 19.2 Å². The number of fused-ring (bicyclic) bond motifs is 2. The number of carbonyl (C=O) groups is 1. The monoisotopic (exact) mass is 786 g/mol. The second kappa shape index (κ2) is 20.1. The van der Waals surface area contributed by atoms with Crippen molar-refractivity contribution in [2.75, 3.05) is 40.1 Å². The molecule has 3 aromatic rings. The van der Waals surface area contributed by atoms with Crippen molar-refractivity contribution in [2.24, 2.45) is 22.9 Å². The lowest BCUT2D eigenvalue weighted by Crippen LogP contribution is -2.70. The number of halogens is 1. The van der Waals surface area contributed by atoms with E-state index in [-0.39, 0.29) is 69.5 Å². The average Bonchev–Trinajstić information content (AvgIpc) is 3.22. The number of hydrogen-bond donors (Lipinski definition) is 3. The lowest BCUT2D eigenvalue weighted by molar-refractivity contribution is -0.256. The SMILES string of the molecule is C=CCOC12Oc3ccc(O)cc3C3C(CCCCO)C(CCCCO)C=C(C(=NOC)CC1N(Cc1ccc(F)cc1)C(=O)OCCOCc1ccccc1)C32. The van der Waals surface area contributed by atoms with Gasteiger partial charge < -0.3 is 39.1 Å². The van der Waals surface area contributed by atoms with Crippen molar-refractivity contribution >= 4 is 11.8 Å². The van der Waals surface area contributed by atoms with Crippen LogP contribution in [0.15, 0.2) is 102 Å². The van der Waals surface area contributed by atoms with Crippen LogP contribution in [0, 0.1) is 23.6 Å². The molecule has 3 N–H and O–H groups in total. The van der Waals surface area contributed by atoms with Gasteiger partial charge in [0.05, 0.1) is 31.5 Å². The molecule has 1 fully saturated rings. The Balaban J connectivity index is 1.46. The van der Waals surface area contributed by atoms with Crippen LogP contribution in [0.1, 0.15) is 67.6 Å². The Morgan fingerprint density at radius 1 is 1.00 bits per heavy atom. The molecule has 6 atom stereocenters. The third kappa shape index (κ3) is 9.69. The van der Waals surface area contributed by atoms with Gasteiger partial charge >= 0.3 is 6.09 Å². The zero-order valence-electron chi connectivity index (χ0n) is 32.6. The number of aliphatic hydroxyl groups excluding tert-OH is 2. The molecule has 0 spiro atoms. The smallest absolute Gasteiger partial charge is 0.410 e. The molecular formula is C45H55FN2O9. The Labute approximate surface area is 334 Å². The van der Waals surface area contributed by atoms with E-state index in [9.17, 15) is 24.5 Å². The summed E-state index contributed by atoms with van der Waals surface area (Å²) >= 11 is 0. The van der Waals surface area contributed by atoms with Gasteiger partial charge in [0.1, 0.15) is 37.1 Å². The summed E-state index contributed by atoms with van der Waals surface area (Å²) in [6.45, 7) is 4.71. The fourth-order valence-corrected chi connectivity index (χ4v) is 8.89. The first-order chi connectivity index (χ1) is 27.8. The molecule has 57 heavy (non-hydrogen) atoms. The minimum absolute atomic E-state index is 0.00181. The summed E-state index contributed by atoms with van der Waals surface area (Å²) in [5, 5.41) is 35.0. The number of nitrogens with zero attached hydrogens (tertiary/aromatic N) is 2. The van der Waals surface area contributed by atoms with Gasteiger partial charge in [-0.05, 0) is 84.6 Å². The van der Waals surface area contributed by atoms with Crippen LogP contribution in [-0.4, -0.2) is 84.0 Å². The number of hydrogen-bond acceptors (Lipinski definition) is 10. The van der Waals surface area contributed by atoms with E-state index >= 15 is 0 Å². The predicted molar refractivity (Wildman–Crippen MR) is 213 cm³/mol. The molecule has 1 aliphatic heterocycles. The number of aromatic hydroxyl groups is 1. The highest BCUT2D eigenvalue weighted by Crippen LogP contribution is 2.62. The van der Waals surface area contributed by atoms with Gasteiger partial charge in [0.25, 0.3) is 0 Å². The van der Waals surface area contributed by atoms with E-state index in [1.54, 1.807) is 41.3 Å². The molecule has 6 unspecified atom stereocenters. The Morgan fingerprint density at radius 2 is 1.75 bits per heavy atom. The first-order valence-corrected chi connectivity index (χ1v) is 19.9. The van der Waals surface area contributed by atoms with Gasteiger partial charge in [0.2, 0.25) is 5.79 Å². The Bertz CT molecular complexity index is 1840. The molecule has 3 aliphatic rings. The van der Waals surface area contributed by atoms with Crippen molar-refractivity contribution in [1.29, 1.82) is 0 Å². The standard InChI is InChI=1S/C45H55FN2O9/c1-3-23-56-45-41(48(29-31-15-17-34(46)18-16-31)44(52)55-25-24-54-30-32-11-5-4-6-12-32)28-39(47-53-2)37-26-33(13-7-9-21-49)36(14-8-10-22-50)42(43(37)45)38-27-35(51)19-20-40(38)57-45/h3-6,11-12,15-20,26-27,33,36,41-43,49-51H,1,7-10,13-14,21-25,28-30H2,2H3. The number of ether oxygens (including phenoxy) is 4. The average molecular weight is 787 g/mol. The van der Waals surface area contributed by atoms with Crippen molar-refractivity contribution in [3.63, 3.8) is 0 Å². The van der Waals surface area contributed by atoms with Crippen LogP contribution >= 0.6 is 0 Å². The van der Waals surface area contributed by atoms with Crippen molar-refractivity contribution in [3.8, 4) is 11.5 Å². The first-order valence-electron chi connectivity index (χ1n) is 19.9. The van der Waals surface area contributed by atoms with Crippen molar-refractivity contribution in [1.82, 2.24) is 4.90 Å². The zero-order valence-corrected chi connectivity index (χ0v) is 32.6. The highest BCUT2D eigenvalue weighted by atomic mass is 19.1. The van der Waals surface area contributed by atoms with Gasteiger partial charge in [-0.1, -0.05) is 72.6 Å². The maximum Gasteiger partial charge on any atom is 0.410 e. The molecule has 12 heteroatoms. The zero-order chi connectivity index (χ0) is 40.2. The van der Waals surface area contributed by atoms with Crippen LogP contribution in [-0.2, 0) is 32.2 Å². The molecular weight excluding hydrogens is 731 g/mol. The van der Waals surface area contributed by atoms with Crippen molar-refractivity contribution in [2.45, 2.75) is 75.8 Å². The largest absolute Gasteiger partial charge is 0.508 e. The summed E-state index contributed by atoms with van der Waals surface area (Å²) in [6, 6.07) is 19.9. The normalized spacial score (nSPS) is 24.1. The molecule has 0 aromatic heterocycles. The van der Waals surface area contributed by atoms with Crippen LogP contribution in [0.4, 0.5) is 9.18 Å². The fourth-order valence-electron chi connectivity index (χ4n) is 8.89. The third-order valence-corrected chi connectivity index (χ3v) is 11.3. The molecule has 0 radical (unpaired) electrons. The second-order valence-corrected chi connectivity index (χ2v) is 14.9. The summed E-state index contributed by atoms with van der Waals surface area (Å²) < 4.78 is 40.0. The second-order valence-electron chi connectivity index (χ2n) is 14.9. The number of carbonyl (C=O) groups excluding carboxylic acids is 1. The third-order valence-electron chi connectivity index (χ3n) is 11.3. The van der Waals surface area contributed by atoms with E-state index in [4.69, 9.17) is 23.8 Å². The number of aliphatic hydroxyl groups is 2. The molecule has 6 rings (SSSR count). The van der Waals surface area contributed by atoms with E-state index < -0.39 is 29.7 Å². The van der Waals surface area contributed by atoms with E-state index in [0.29, 0.717) is 36.5 Å². The van der Waals surface area contributed by atoms with E-state index in [1.807, 2.05) is 30.3 Å². The summed E-state index contributed by atoms with van der Waals surface area (Å²) in [4.78, 5) is 21.6. The van der Waals surface area contributed by atoms with Gasteiger partial charge in [0.15, 0.2) is 0 Å². The lowest BCUT2D eigenvalue weighted by atomic mass is 9.55. The molecule has 2 aliphatic carbocycles. The molecule has 0 saturated heterocycles. The molecule has 306 valence electrons. The topological polar surface area (TPSA) is 140 Å². The number of benzene rings is 3. The summed E-state index contributed by atoms with van der Waals surface area (Å²) in [5.74, 6) is -2.11. The number of unbranched alkanes of at least 4 members (excludes halogenated alkanes) is 2. The van der Waals surface area contributed by atoms with Gasteiger partial charge in [-0.25, -0.2) is 9.18 Å². The molecule has 3 aromatic carbocycles. The number of phenolic OH excluding ortho intramolecular Hbond substituents is 1. The summed E-state index contributed by atoms with van der Waals surface area (Å²) in [7, 11) is 1.49. The number of phenols is 1. The van der Waals surface area contributed by atoms with Gasteiger partial charge in [-0.2, -0.15) is 0 Å². The van der Waals surface area contributed by atoms with Crippen LogP contribution in [0.3, 0.4) is 0 Å². The van der Waals surface area contributed by atoms with Crippen LogP contribution in [0.5, 0.6) is 11.5 Å². The van der Waals surface area contributed by atoms with Crippen molar-refractivity contribution < 1.29 is 48.3 Å². The number of amides is 1. The molecule has 11 nitrogen and oxygen atoms in total. The van der Waals surface area contributed by atoms with Gasteiger partial charge in [0, 0.05) is 37.7 Å². The molecule has 1 amide bonds. The van der Waals surface area contributed by atoms with Crippen LogP contribution in [0.25, 0.3) is 0 Å². The highest BCUT2D eigenvalue weighted by molar-refractivity contribution is 6.03. The Hall–Kier alpha value is -4.75. The molecule has 1 heterocycles. The maximum atomic E-state index is 14.6. The predicted octanol–water partition coefficient (Wildman–Crippen LogP) is 7.65. The Morgan fingerprint density at radius 3 is 2.47 bits per heavy atom. The highest BCUT2D eigenvalue weighted by Gasteiger charge is 2.65. The van der Waals surface area contributed by atoms with E-state index in [2.05, 4.69) is 17.8 Å². The lowest BCUT2D eigenvalue weighted by Gasteiger charge is -2.59. The minimum atomic E-state index is -1.52. The quantitative estimate of drug-likeness (QED) is 0.0599. The minimum Gasteiger partial charge on any atom is -0.508 e. The van der Waals surface area contributed by atoms with Gasteiger partial charge in [-0.15, -0.1) is 6.58 Å². The number of oxime groups is 1. The molecule has 1 saturated carbocycles. The number of allylic oxidation sites excluding steroid dienone is 1. The summed E-state index contributed by atoms with van der Waals surface area (Å²) in [6.07, 6.45) is 7.79. The molecule has 0 bridgehead atoms. The van der Waals surface area contributed by atoms with Crippen molar-refractivity contribution in [3.05, 3.63) is 120 Å². The van der Waals surface area contributed by atoms with Crippen LogP contribution < -0.4 is 4.74 Å². The van der Waals surface area contributed by atoms with Crippen LogP contribution in [0.2, 0.25) is 0 Å². The number of rotatable bonds is 20. The fraction of sp³-hybridized carbons (Fsp3) is 0.467. The van der Waals surface area contributed by atoms with Gasteiger partial charge in [-0.3, -0.25) is 4.90 Å². The first kappa shape index (κ1) is 41.9.